The lowest BCUT2D eigenvalue weighted by atomic mass is 10.1. The number of para-hydroxylation sites is 1. The van der Waals surface area contributed by atoms with Crippen molar-refractivity contribution in [2.75, 3.05) is 32.9 Å². The Morgan fingerprint density at radius 2 is 1.46 bits per heavy atom. The number of ether oxygens (including phenoxy) is 4. The quantitative estimate of drug-likeness (QED) is 0.195. The third-order valence-electron chi connectivity index (χ3n) is 5.73. The minimum absolute atomic E-state index is 0.270. The highest BCUT2D eigenvalue weighted by Gasteiger charge is 2.18. The summed E-state index contributed by atoms with van der Waals surface area (Å²) in [5, 5.41) is 9.28. The van der Waals surface area contributed by atoms with Crippen LogP contribution in [0.2, 0.25) is 0 Å². The second-order valence-corrected chi connectivity index (χ2v) is 9.57. The van der Waals surface area contributed by atoms with Gasteiger partial charge in [0, 0.05) is 24.0 Å². The molecule has 0 saturated carbocycles. The summed E-state index contributed by atoms with van der Waals surface area (Å²) < 4.78 is 23.4. The molecule has 0 aliphatic carbocycles. The number of carbonyl (C=O) groups excluding carboxylic acids is 1. The smallest absolute Gasteiger partial charge is 0.415 e. The monoisotopic (exact) mass is 599 g/mol. The molecule has 0 aliphatic heterocycles. The molecule has 3 rings (SSSR count). The lowest BCUT2D eigenvalue weighted by Crippen LogP contribution is -2.37. The molecule has 1 atom stereocenters. The maximum absolute atomic E-state index is 12.9. The van der Waals surface area contributed by atoms with Gasteiger partial charge in [0.05, 0.1) is 13.2 Å². The van der Waals surface area contributed by atoms with Gasteiger partial charge in [0.15, 0.2) is 6.10 Å². The maximum Gasteiger partial charge on any atom is 0.415 e. The van der Waals surface area contributed by atoms with E-state index < -0.39 is 18.2 Å². The number of carboxylic acid groups (broad SMARTS) is 1. The number of hydrogen-bond acceptors (Lipinski definition) is 6. The van der Waals surface area contributed by atoms with Crippen LogP contribution in [0.4, 0.5) is 4.79 Å². The lowest BCUT2D eigenvalue weighted by molar-refractivity contribution is -0.149. The molecule has 208 valence electrons. The number of benzene rings is 3. The fourth-order valence-electron chi connectivity index (χ4n) is 3.70. The topological polar surface area (TPSA) is 94.5 Å². The van der Waals surface area contributed by atoms with Crippen molar-refractivity contribution >= 4 is 28.0 Å². The highest BCUT2D eigenvalue weighted by molar-refractivity contribution is 9.10. The highest BCUT2D eigenvalue weighted by Crippen LogP contribution is 2.18. The van der Waals surface area contributed by atoms with Gasteiger partial charge in [-0.15, -0.1) is 0 Å². The van der Waals surface area contributed by atoms with Gasteiger partial charge in [0.1, 0.15) is 23.9 Å². The lowest BCUT2D eigenvalue weighted by Gasteiger charge is -2.22. The van der Waals surface area contributed by atoms with Gasteiger partial charge in [-0.3, -0.25) is 0 Å². The van der Waals surface area contributed by atoms with Crippen molar-refractivity contribution < 1.29 is 33.6 Å². The molecular formula is C30H34BrNO7. The molecule has 0 radical (unpaired) electrons. The third kappa shape index (κ3) is 11.0. The molecule has 39 heavy (non-hydrogen) atoms. The minimum Gasteiger partial charge on any atom is -0.494 e. The first-order valence-corrected chi connectivity index (χ1v) is 13.7. The van der Waals surface area contributed by atoms with Gasteiger partial charge in [-0.05, 0) is 73.9 Å². The average Bonchev–Trinajstić information content (AvgIpc) is 2.94. The zero-order chi connectivity index (χ0) is 27.9. The van der Waals surface area contributed by atoms with E-state index in [1.54, 1.807) is 36.1 Å². The normalized spacial score (nSPS) is 11.4. The van der Waals surface area contributed by atoms with E-state index in [0.29, 0.717) is 37.8 Å². The molecule has 0 spiro atoms. The summed E-state index contributed by atoms with van der Waals surface area (Å²) in [6, 6.07) is 23.9. The number of carbonyl (C=O) groups is 2. The van der Waals surface area contributed by atoms with Gasteiger partial charge in [-0.2, -0.15) is 0 Å². The molecule has 9 heteroatoms. The van der Waals surface area contributed by atoms with Gasteiger partial charge in [-0.25, -0.2) is 9.59 Å². The molecule has 3 aromatic carbocycles. The van der Waals surface area contributed by atoms with Gasteiger partial charge in [-0.1, -0.05) is 46.3 Å². The van der Waals surface area contributed by atoms with E-state index in [9.17, 15) is 14.7 Å². The fraction of sp³-hybridized carbons (Fsp3) is 0.333. The molecule has 3 aromatic rings. The number of carboxylic acids is 1. The zero-order valence-electron chi connectivity index (χ0n) is 22.0. The Hall–Kier alpha value is -3.56. The molecule has 1 unspecified atom stereocenters. The summed E-state index contributed by atoms with van der Waals surface area (Å²) in [4.78, 5) is 25.9. The molecular weight excluding hydrogens is 566 g/mol. The summed E-state index contributed by atoms with van der Waals surface area (Å²) in [7, 11) is 0. The Morgan fingerprint density at radius 1 is 0.821 bits per heavy atom. The number of amides is 1. The number of unbranched alkanes of at least 4 members (excludes halogenated alkanes) is 1. The van der Waals surface area contributed by atoms with Crippen molar-refractivity contribution in [1.82, 2.24) is 4.90 Å². The van der Waals surface area contributed by atoms with E-state index in [2.05, 4.69) is 15.9 Å². The minimum atomic E-state index is -0.987. The molecule has 0 saturated heterocycles. The van der Waals surface area contributed by atoms with E-state index >= 15 is 0 Å². The molecule has 1 amide bonds. The van der Waals surface area contributed by atoms with Crippen molar-refractivity contribution in [3.05, 3.63) is 88.9 Å². The van der Waals surface area contributed by atoms with Crippen molar-refractivity contribution in [3.8, 4) is 17.2 Å². The number of aliphatic carboxylic acids is 1. The molecule has 0 heterocycles. The predicted molar refractivity (Wildman–Crippen MR) is 152 cm³/mol. The summed E-state index contributed by atoms with van der Waals surface area (Å²) in [5.41, 5.74) is 0.834. The Morgan fingerprint density at radius 3 is 2.13 bits per heavy atom. The Bertz CT molecular complexity index is 1140. The number of halogens is 1. The van der Waals surface area contributed by atoms with E-state index in [1.165, 1.54) is 0 Å². The van der Waals surface area contributed by atoms with Crippen LogP contribution in [0.25, 0.3) is 0 Å². The van der Waals surface area contributed by atoms with Crippen molar-refractivity contribution in [1.29, 1.82) is 0 Å². The first kappa shape index (κ1) is 30.0. The number of hydrogen-bond donors (Lipinski definition) is 1. The summed E-state index contributed by atoms with van der Waals surface area (Å²) in [6.07, 6.45) is 0.452. The van der Waals surface area contributed by atoms with Gasteiger partial charge in [0.25, 0.3) is 0 Å². The van der Waals surface area contributed by atoms with Gasteiger partial charge in [0.2, 0.25) is 0 Å². The SMILES string of the molecule is CCOC(Cc1ccc(OCCN(CCCCOc2ccccc2)C(=O)Oc2ccc(Br)cc2)cc1)C(=O)O. The highest BCUT2D eigenvalue weighted by atomic mass is 79.9. The van der Waals surface area contributed by atoms with Crippen LogP contribution in [0.1, 0.15) is 25.3 Å². The van der Waals surface area contributed by atoms with Crippen LogP contribution >= 0.6 is 15.9 Å². The first-order valence-electron chi connectivity index (χ1n) is 12.9. The first-order chi connectivity index (χ1) is 18.9. The molecule has 1 N–H and O–H groups in total. The number of nitrogens with zero attached hydrogens (tertiary/aromatic N) is 1. The number of rotatable bonds is 16. The van der Waals surface area contributed by atoms with Crippen LogP contribution in [0.15, 0.2) is 83.3 Å². The fourth-order valence-corrected chi connectivity index (χ4v) is 3.97. The van der Waals surface area contributed by atoms with E-state index in [1.807, 2.05) is 54.6 Å². The summed E-state index contributed by atoms with van der Waals surface area (Å²) in [6.45, 7) is 3.74. The van der Waals surface area contributed by atoms with E-state index in [4.69, 9.17) is 18.9 Å². The largest absolute Gasteiger partial charge is 0.494 e. The third-order valence-corrected chi connectivity index (χ3v) is 6.26. The summed E-state index contributed by atoms with van der Waals surface area (Å²) in [5.74, 6) is 0.919. The maximum atomic E-state index is 12.9. The molecule has 0 bridgehead atoms. The van der Waals surface area contributed by atoms with Crippen molar-refractivity contribution in [2.24, 2.45) is 0 Å². The van der Waals surface area contributed by atoms with Crippen LogP contribution in [0.5, 0.6) is 17.2 Å². The zero-order valence-corrected chi connectivity index (χ0v) is 23.5. The molecule has 0 aliphatic rings. The standard InChI is InChI=1S/C30H34BrNO7/c1-2-36-28(29(33)34)22-23-10-14-26(15-11-23)38-21-19-32(30(35)39-27-16-12-24(31)13-17-27)18-6-7-20-37-25-8-4-3-5-9-25/h3-5,8-17,28H,2,6-7,18-22H2,1H3,(H,33,34). The molecule has 8 nitrogen and oxygen atoms in total. The van der Waals surface area contributed by atoms with Gasteiger partial charge < -0.3 is 29.0 Å². The van der Waals surface area contributed by atoms with E-state index in [-0.39, 0.29) is 13.0 Å². The van der Waals surface area contributed by atoms with Crippen LogP contribution in [-0.2, 0) is 16.0 Å². The summed E-state index contributed by atoms with van der Waals surface area (Å²) >= 11 is 3.38. The Labute approximate surface area is 237 Å². The second kappa shape index (κ2) is 16.4. The average molecular weight is 601 g/mol. The van der Waals surface area contributed by atoms with Gasteiger partial charge >= 0.3 is 12.1 Å². The van der Waals surface area contributed by atoms with E-state index in [0.717, 1.165) is 28.6 Å². The van der Waals surface area contributed by atoms with Crippen molar-refractivity contribution in [3.63, 3.8) is 0 Å². The van der Waals surface area contributed by atoms with Crippen molar-refractivity contribution in [2.45, 2.75) is 32.3 Å². The molecule has 0 fully saturated rings. The van der Waals surface area contributed by atoms with Crippen LogP contribution < -0.4 is 14.2 Å². The Balaban J connectivity index is 1.50. The Kier molecular flexibility index (Phi) is 12.6. The second-order valence-electron chi connectivity index (χ2n) is 8.66. The van der Waals surface area contributed by atoms with Crippen LogP contribution in [-0.4, -0.2) is 61.1 Å². The molecule has 0 aromatic heterocycles. The van der Waals surface area contributed by atoms with Crippen LogP contribution in [0.3, 0.4) is 0 Å². The van der Waals surface area contributed by atoms with Crippen LogP contribution in [0, 0.1) is 0 Å². The predicted octanol–water partition coefficient (Wildman–Crippen LogP) is 6.22.